The minimum absolute atomic E-state index is 0.0451. The van der Waals surface area contributed by atoms with Crippen molar-refractivity contribution in [3.05, 3.63) is 51.2 Å². The number of ether oxygens (including phenoxy) is 1. The van der Waals surface area contributed by atoms with Gasteiger partial charge in [0.25, 0.3) is 5.88 Å². The number of halogens is 1. The fourth-order valence-electron chi connectivity index (χ4n) is 1.32. The SMILES string of the molecule is N#Cc1ccnnc1Oc1c(Cl)cccc1[N+](=O)[O-]. The van der Waals surface area contributed by atoms with E-state index in [2.05, 4.69) is 10.2 Å². The second-order valence-electron chi connectivity index (χ2n) is 3.31. The van der Waals surface area contributed by atoms with E-state index in [1.807, 2.05) is 6.07 Å². The maximum Gasteiger partial charge on any atom is 0.313 e. The van der Waals surface area contributed by atoms with Crippen molar-refractivity contribution in [2.45, 2.75) is 0 Å². The average molecular weight is 277 g/mol. The molecule has 94 valence electrons. The number of hydrogen-bond donors (Lipinski definition) is 0. The Hall–Kier alpha value is -2.72. The van der Waals surface area contributed by atoms with Crippen LogP contribution in [0, 0.1) is 21.4 Å². The monoisotopic (exact) mass is 276 g/mol. The summed E-state index contributed by atoms with van der Waals surface area (Å²) in [6.07, 6.45) is 1.31. The van der Waals surface area contributed by atoms with Crippen molar-refractivity contribution >= 4 is 17.3 Å². The molecule has 0 aliphatic heterocycles. The van der Waals surface area contributed by atoms with E-state index >= 15 is 0 Å². The molecule has 0 bridgehead atoms. The Morgan fingerprint density at radius 2 is 2.21 bits per heavy atom. The first-order valence-corrected chi connectivity index (χ1v) is 5.34. The van der Waals surface area contributed by atoms with Crippen LogP contribution >= 0.6 is 11.6 Å². The van der Waals surface area contributed by atoms with Crippen molar-refractivity contribution in [1.29, 1.82) is 5.26 Å². The molecule has 1 aromatic heterocycles. The number of nitro benzene ring substituents is 1. The summed E-state index contributed by atoms with van der Waals surface area (Å²) in [5.74, 6) is -0.313. The third-order valence-corrected chi connectivity index (χ3v) is 2.45. The van der Waals surface area contributed by atoms with E-state index in [4.69, 9.17) is 21.6 Å². The maximum atomic E-state index is 10.9. The molecule has 1 aromatic carbocycles. The molecule has 1 heterocycles. The van der Waals surface area contributed by atoms with Gasteiger partial charge in [-0.25, -0.2) is 0 Å². The predicted octanol–water partition coefficient (Wildman–Crippen LogP) is 2.70. The maximum absolute atomic E-state index is 10.9. The highest BCUT2D eigenvalue weighted by Gasteiger charge is 2.20. The molecule has 0 aliphatic carbocycles. The van der Waals surface area contributed by atoms with Crippen molar-refractivity contribution < 1.29 is 9.66 Å². The Bertz CT molecular complexity index is 684. The van der Waals surface area contributed by atoms with Crippen LogP contribution < -0.4 is 4.74 Å². The first kappa shape index (κ1) is 12.7. The number of para-hydroxylation sites is 1. The van der Waals surface area contributed by atoms with Gasteiger partial charge in [0, 0.05) is 6.07 Å². The van der Waals surface area contributed by atoms with Gasteiger partial charge in [-0.05, 0) is 12.1 Å². The van der Waals surface area contributed by atoms with Gasteiger partial charge in [-0.1, -0.05) is 17.7 Å². The van der Waals surface area contributed by atoms with Gasteiger partial charge < -0.3 is 4.74 Å². The highest BCUT2D eigenvalue weighted by Crippen LogP contribution is 2.37. The van der Waals surface area contributed by atoms with E-state index < -0.39 is 4.92 Å². The van der Waals surface area contributed by atoms with Gasteiger partial charge in [0.1, 0.15) is 11.6 Å². The molecule has 0 saturated carbocycles. The van der Waals surface area contributed by atoms with Crippen LogP contribution in [0.5, 0.6) is 11.6 Å². The summed E-state index contributed by atoms with van der Waals surface area (Å²) in [6, 6.07) is 7.33. The zero-order valence-electron chi connectivity index (χ0n) is 9.28. The van der Waals surface area contributed by atoms with Crippen molar-refractivity contribution in [2.75, 3.05) is 0 Å². The quantitative estimate of drug-likeness (QED) is 0.631. The summed E-state index contributed by atoms with van der Waals surface area (Å²) >= 11 is 5.86. The van der Waals surface area contributed by atoms with E-state index in [1.54, 1.807) is 0 Å². The number of nitriles is 1. The summed E-state index contributed by atoms with van der Waals surface area (Å²) in [4.78, 5) is 10.2. The molecule has 2 rings (SSSR count). The molecule has 0 spiro atoms. The van der Waals surface area contributed by atoms with Crippen molar-refractivity contribution in [3.8, 4) is 17.7 Å². The van der Waals surface area contributed by atoms with Gasteiger partial charge in [-0.15, -0.1) is 5.10 Å². The van der Waals surface area contributed by atoms with Crippen LogP contribution in [-0.2, 0) is 0 Å². The summed E-state index contributed by atoms with van der Waals surface area (Å²) in [5.41, 5.74) is -0.216. The fourth-order valence-corrected chi connectivity index (χ4v) is 1.53. The van der Waals surface area contributed by atoms with Crippen LogP contribution in [0.2, 0.25) is 5.02 Å². The molecule has 8 heteroatoms. The summed E-state index contributed by atoms with van der Waals surface area (Å²) in [5, 5.41) is 27.0. The lowest BCUT2D eigenvalue weighted by Gasteiger charge is -2.07. The molecule has 0 N–H and O–H groups in total. The second kappa shape index (κ2) is 5.29. The normalized spacial score (nSPS) is 9.68. The number of nitro groups is 1. The molecular formula is C11H5ClN4O3. The van der Waals surface area contributed by atoms with Crippen LogP contribution in [0.3, 0.4) is 0 Å². The smallest absolute Gasteiger partial charge is 0.313 e. The Labute approximate surface area is 112 Å². The van der Waals surface area contributed by atoms with Gasteiger partial charge in [0.15, 0.2) is 0 Å². The van der Waals surface area contributed by atoms with Crippen LogP contribution in [0.15, 0.2) is 30.5 Å². The fraction of sp³-hybridized carbons (Fsp3) is 0. The highest BCUT2D eigenvalue weighted by molar-refractivity contribution is 6.32. The third kappa shape index (κ3) is 2.59. The van der Waals surface area contributed by atoms with Gasteiger partial charge in [-0.3, -0.25) is 10.1 Å². The predicted molar refractivity (Wildman–Crippen MR) is 64.9 cm³/mol. The molecule has 0 atom stereocenters. The number of nitrogens with zero attached hydrogens (tertiary/aromatic N) is 4. The van der Waals surface area contributed by atoms with E-state index in [1.165, 1.54) is 30.5 Å². The van der Waals surface area contributed by atoms with Crippen LogP contribution in [0.25, 0.3) is 0 Å². The van der Waals surface area contributed by atoms with Crippen molar-refractivity contribution in [3.63, 3.8) is 0 Å². The Kier molecular flexibility index (Phi) is 3.54. The van der Waals surface area contributed by atoms with Gasteiger partial charge in [0.05, 0.1) is 16.1 Å². The molecular weight excluding hydrogens is 272 g/mol. The standard InChI is InChI=1S/C11H5ClN4O3/c12-8-2-1-3-9(16(17)18)10(8)19-11-7(6-13)4-5-14-15-11/h1-5H. The molecule has 0 aliphatic rings. The number of benzene rings is 1. The first-order chi connectivity index (χ1) is 9.13. The summed E-state index contributed by atoms with van der Waals surface area (Å²) in [6.45, 7) is 0. The minimum atomic E-state index is -0.635. The van der Waals surface area contributed by atoms with Gasteiger partial charge >= 0.3 is 5.69 Å². The molecule has 2 aromatic rings. The van der Waals surface area contributed by atoms with Crippen LogP contribution in [0.1, 0.15) is 5.56 Å². The molecule has 0 unspecified atom stereocenters. The highest BCUT2D eigenvalue weighted by atomic mass is 35.5. The van der Waals surface area contributed by atoms with Crippen molar-refractivity contribution in [2.24, 2.45) is 0 Å². The Balaban J connectivity index is 2.50. The van der Waals surface area contributed by atoms with Gasteiger partial charge in [-0.2, -0.15) is 10.4 Å². The average Bonchev–Trinajstić information content (AvgIpc) is 2.41. The van der Waals surface area contributed by atoms with Gasteiger partial charge in [0.2, 0.25) is 5.75 Å². The summed E-state index contributed by atoms with van der Waals surface area (Å²) in [7, 11) is 0. The number of aromatic nitrogens is 2. The lowest BCUT2D eigenvalue weighted by atomic mass is 10.3. The zero-order chi connectivity index (χ0) is 13.8. The second-order valence-corrected chi connectivity index (χ2v) is 3.72. The van der Waals surface area contributed by atoms with E-state index in [0.717, 1.165) is 0 Å². The summed E-state index contributed by atoms with van der Waals surface area (Å²) < 4.78 is 5.25. The lowest BCUT2D eigenvalue weighted by Crippen LogP contribution is -1.98. The first-order valence-electron chi connectivity index (χ1n) is 4.96. The van der Waals surface area contributed by atoms with E-state index in [0.29, 0.717) is 0 Å². The third-order valence-electron chi connectivity index (χ3n) is 2.15. The van der Waals surface area contributed by atoms with Crippen LogP contribution in [0.4, 0.5) is 5.69 Å². The largest absolute Gasteiger partial charge is 0.428 e. The molecule has 7 nitrogen and oxygen atoms in total. The molecule has 0 saturated heterocycles. The Morgan fingerprint density at radius 1 is 1.42 bits per heavy atom. The number of hydrogen-bond acceptors (Lipinski definition) is 6. The molecule has 0 fully saturated rings. The van der Waals surface area contributed by atoms with Crippen LogP contribution in [-0.4, -0.2) is 15.1 Å². The topological polar surface area (TPSA) is 102 Å². The molecule has 0 amide bonds. The minimum Gasteiger partial charge on any atom is -0.428 e. The molecule has 0 radical (unpaired) electrons. The molecule has 19 heavy (non-hydrogen) atoms. The Morgan fingerprint density at radius 3 is 2.89 bits per heavy atom. The number of rotatable bonds is 3. The van der Waals surface area contributed by atoms with E-state index in [9.17, 15) is 10.1 Å². The lowest BCUT2D eigenvalue weighted by molar-refractivity contribution is -0.385. The zero-order valence-corrected chi connectivity index (χ0v) is 10.0. The van der Waals surface area contributed by atoms with Crippen molar-refractivity contribution in [1.82, 2.24) is 10.2 Å². The van der Waals surface area contributed by atoms with E-state index in [-0.39, 0.29) is 27.9 Å².